The Morgan fingerprint density at radius 1 is 1.17 bits per heavy atom. The van der Waals surface area contributed by atoms with Crippen LogP contribution in [0.4, 0.5) is 8.78 Å². The van der Waals surface area contributed by atoms with Gasteiger partial charge in [0, 0.05) is 17.8 Å². The maximum absolute atomic E-state index is 13.5. The van der Waals surface area contributed by atoms with E-state index in [9.17, 15) is 13.6 Å². The molecule has 0 aliphatic heterocycles. The zero-order valence-electron chi connectivity index (χ0n) is 14.1. The summed E-state index contributed by atoms with van der Waals surface area (Å²) in [6.07, 6.45) is 7.93. The third-order valence-corrected chi connectivity index (χ3v) is 7.71. The highest BCUT2D eigenvalue weighted by Gasteiger charge is 2.57. The number of hydrogen-bond acceptors (Lipinski definition) is 1. The highest BCUT2D eigenvalue weighted by molar-refractivity contribution is 5.92. The summed E-state index contributed by atoms with van der Waals surface area (Å²) in [5.74, 6) is 0.670. The van der Waals surface area contributed by atoms with Gasteiger partial charge in [-0.3, -0.25) is 4.79 Å². The molecule has 0 spiro atoms. The first-order chi connectivity index (χ1) is 10.9. The normalized spacial score (nSPS) is 46.0. The van der Waals surface area contributed by atoms with E-state index in [4.69, 9.17) is 0 Å². The molecule has 2 fully saturated rings. The fraction of sp³-hybridized carbons (Fsp3) is 0.750. The first kappa shape index (κ1) is 15.5. The summed E-state index contributed by atoms with van der Waals surface area (Å²) < 4.78 is 27.0. The van der Waals surface area contributed by atoms with Crippen LogP contribution in [-0.4, -0.2) is 12.2 Å². The molecule has 1 nitrogen and oxygen atoms in total. The van der Waals surface area contributed by atoms with Crippen LogP contribution in [0.15, 0.2) is 23.3 Å². The second-order valence-electron chi connectivity index (χ2n) is 8.61. The minimum atomic E-state index is -2.19. The summed E-state index contributed by atoms with van der Waals surface area (Å²) in [6.45, 7) is 4.39. The van der Waals surface area contributed by atoms with E-state index in [1.165, 1.54) is 11.1 Å². The van der Waals surface area contributed by atoms with Gasteiger partial charge in [-0.2, -0.15) is 0 Å². The molecule has 4 rings (SSSR count). The number of allylic oxidation sites excluding steroid dienone is 4. The molecule has 0 aromatic carbocycles. The molecular weight excluding hydrogens is 294 g/mol. The number of rotatable bonds is 1. The lowest BCUT2D eigenvalue weighted by Crippen LogP contribution is -2.45. The Bertz CT molecular complexity index is 605. The van der Waals surface area contributed by atoms with Crippen LogP contribution in [0, 0.1) is 28.6 Å². The van der Waals surface area contributed by atoms with Gasteiger partial charge in [-0.25, -0.2) is 8.78 Å². The molecule has 5 atom stereocenters. The molecule has 2 saturated carbocycles. The molecule has 0 saturated heterocycles. The minimum Gasteiger partial charge on any atom is -0.295 e. The Hall–Kier alpha value is -0.990. The SMILES string of the molecule is C[C@]12CCC(=O)C=C1CC[C@@H]1C2=CC[C@]2(C)C(C(F)F)CC[C@@H]12. The van der Waals surface area contributed by atoms with Crippen LogP contribution >= 0.6 is 0 Å². The van der Waals surface area contributed by atoms with Gasteiger partial charge in [0.1, 0.15) is 0 Å². The van der Waals surface area contributed by atoms with Gasteiger partial charge in [0.25, 0.3) is 0 Å². The van der Waals surface area contributed by atoms with Gasteiger partial charge in [0.05, 0.1) is 0 Å². The quantitative estimate of drug-likeness (QED) is 0.598. The van der Waals surface area contributed by atoms with Gasteiger partial charge in [-0.15, -0.1) is 0 Å². The number of carbonyl (C=O) groups is 1. The van der Waals surface area contributed by atoms with Crippen LogP contribution in [0.5, 0.6) is 0 Å². The second kappa shape index (κ2) is 5.00. The Balaban J connectivity index is 1.73. The number of ketones is 1. The molecule has 3 heteroatoms. The molecule has 0 amide bonds. The van der Waals surface area contributed by atoms with E-state index in [2.05, 4.69) is 19.9 Å². The molecule has 0 N–H and O–H groups in total. The van der Waals surface area contributed by atoms with Gasteiger partial charge in [-0.05, 0) is 61.9 Å². The molecular formula is C20H26F2O. The van der Waals surface area contributed by atoms with Crippen LogP contribution in [-0.2, 0) is 4.79 Å². The van der Waals surface area contributed by atoms with Gasteiger partial charge in [-0.1, -0.05) is 31.1 Å². The number of carbonyl (C=O) groups excluding carboxylic acids is 1. The fourth-order valence-electron chi connectivity index (χ4n) is 6.31. The van der Waals surface area contributed by atoms with Crippen LogP contribution in [0.2, 0.25) is 0 Å². The Morgan fingerprint density at radius 3 is 2.70 bits per heavy atom. The lowest BCUT2D eigenvalue weighted by molar-refractivity contribution is -0.115. The maximum Gasteiger partial charge on any atom is 0.241 e. The van der Waals surface area contributed by atoms with Gasteiger partial charge < -0.3 is 0 Å². The number of hydrogen-bond donors (Lipinski definition) is 0. The van der Waals surface area contributed by atoms with Crippen molar-refractivity contribution >= 4 is 5.78 Å². The van der Waals surface area contributed by atoms with Crippen LogP contribution in [0.25, 0.3) is 0 Å². The topological polar surface area (TPSA) is 17.1 Å². The second-order valence-corrected chi connectivity index (χ2v) is 8.61. The van der Waals surface area contributed by atoms with E-state index >= 15 is 0 Å². The highest BCUT2D eigenvalue weighted by Crippen LogP contribution is 2.65. The van der Waals surface area contributed by atoms with Crippen molar-refractivity contribution in [1.82, 2.24) is 0 Å². The van der Waals surface area contributed by atoms with Crippen LogP contribution in [0.3, 0.4) is 0 Å². The largest absolute Gasteiger partial charge is 0.295 e. The van der Waals surface area contributed by atoms with Crippen molar-refractivity contribution in [2.75, 3.05) is 0 Å². The Labute approximate surface area is 137 Å². The Kier molecular flexibility index (Phi) is 3.38. The highest BCUT2D eigenvalue weighted by atomic mass is 19.3. The van der Waals surface area contributed by atoms with Crippen LogP contribution in [0.1, 0.15) is 58.8 Å². The minimum absolute atomic E-state index is 0.0150. The predicted octanol–water partition coefficient (Wildman–Crippen LogP) is 5.32. The number of alkyl halides is 2. The van der Waals surface area contributed by atoms with Crippen molar-refractivity contribution in [2.24, 2.45) is 28.6 Å². The van der Waals surface area contributed by atoms with Crippen molar-refractivity contribution < 1.29 is 13.6 Å². The smallest absolute Gasteiger partial charge is 0.241 e. The average molecular weight is 320 g/mol. The number of fused-ring (bicyclic) bond motifs is 5. The summed E-state index contributed by atoms with van der Waals surface area (Å²) in [4.78, 5) is 11.8. The maximum atomic E-state index is 13.5. The predicted molar refractivity (Wildman–Crippen MR) is 86.2 cm³/mol. The van der Waals surface area contributed by atoms with Crippen molar-refractivity contribution in [3.63, 3.8) is 0 Å². The van der Waals surface area contributed by atoms with E-state index in [0.717, 1.165) is 32.1 Å². The van der Waals surface area contributed by atoms with E-state index in [-0.39, 0.29) is 16.6 Å². The summed E-state index contributed by atoms with van der Waals surface area (Å²) in [6, 6.07) is 0. The first-order valence-corrected chi connectivity index (χ1v) is 9.09. The monoisotopic (exact) mass is 320 g/mol. The number of halogens is 2. The lowest BCUT2D eigenvalue weighted by Gasteiger charge is -2.53. The summed E-state index contributed by atoms with van der Waals surface area (Å²) in [7, 11) is 0. The molecule has 1 unspecified atom stereocenters. The standard InChI is InChI=1S/C20H26F2O/c1-19-9-7-13(23)11-12(19)3-4-14-15-5-6-17(18(21)22)20(15,2)10-8-16(14)19/h8,11,14-15,17-18H,3-7,9-10H2,1-2H3/t14-,15-,17?,19-,20-/m0/s1. The third kappa shape index (κ3) is 2.04. The van der Waals surface area contributed by atoms with Gasteiger partial charge in [0.2, 0.25) is 6.43 Å². The Morgan fingerprint density at radius 2 is 1.96 bits per heavy atom. The van der Waals surface area contributed by atoms with E-state index in [1.54, 1.807) is 0 Å². The summed E-state index contributed by atoms with van der Waals surface area (Å²) >= 11 is 0. The van der Waals surface area contributed by atoms with Crippen LogP contribution < -0.4 is 0 Å². The van der Waals surface area contributed by atoms with Crippen molar-refractivity contribution in [3.8, 4) is 0 Å². The van der Waals surface area contributed by atoms with Crippen molar-refractivity contribution in [1.29, 1.82) is 0 Å². The molecule has 23 heavy (non-hydrogen) atoms. The molecule has 0 aromatic heterocycles. The molecule has 0 aromatic rings. The van der Waals surface area contributed by atoms with Gasteiger partial charge >= 0.3 is 0 Å². The first-order valence-electron chi connectivity index (χ1n) is 9.09. The summed E-state index contributed by atoms with van der Waals surface area (Å²) in [5, 5.41) is 0. The van der Waals surface area contributed by atoms with E-state index in [0.29, 0.717) is 24.7 Å². The van der Waals surface area contributed by atoms with E-state index < -0.39 is 12.3 Å². The zero-order valence-corrected chi connectivity index (χ0v) is 14.1. The molecule has 0 bridgehead atoms. The fourth-order valence-corrected chi connectivity index (χ4v) is 6.31. The third-order valence-electron chi connectivity index (χ3n) is 7.71. The molecule has 4 aliphatic carbocycles. The van der Waals surface area contributed by atoms with Crippen molar-refractivity contribution in [2.45, 2.75) is 65.2 Å². The summed E-state index contributed by atoms with van der Waals surface area (Å²) in [5.41, 5.74) is 2.55. The lowest BCUT2D eigenvalue weighted by atomic mass is 9.51. The van der Waals surface area contributed by atoms with Crippen molar-refractivity contribution in [3.05, 3.63) is 23.3 Å². The molecule has 126 valence electrons. The molecule has 4 aliphatic rings. The molecule has 0 radical (unpaired) electrons. The average Bonchev–Trinajstić information content (AvgIpc) is 2.85. The van der Waals surface area contributed by atoms with Gasteiger partial charge in [0.15, 0.2) is 5.78 Å². The van der Waals surface area contributed by atoms with E-state index in [1.807, 2.05) is 6.08 Å². The zero-order chi connectivity index (χ0) is 16.4. The molecule has 0 heterocycles.